The van der Waals surface area contributed by atoms with Gasteiger partial charge in [0.2, 0.25) is 5.91 Å². The molecular weight excluding hydrogens is 302 g/mol. The molecule has 2 aromatic rings. The van der Waals surface area contributed by atoms with Gasteiger partial charge in [0.05, 0.1) is 12.6 Å². The van der Waals surface area contributed by atoms with Gasteiger partial charge >= 0.3 is 0 Å². The van der Waals surface area contributed by atoms with Crippen LogP contribution in [0, 0.1) is 0 Å². The van der Waals surface area contributed by atoms with Crippen molar-refractivity contribution in [3.05, 3.63) is 47.5 Å². The summed E-state index contributed by atoms with van der Waals surface area (Å²) in [5.74, 6) is 2.25. The van der Waals surface area contributed by atoms with Crippen molar-refractivity contribution in [1.82, 2.24) is 24.6 Å². The van der Waals surface area contributed by atoms with Crippen LogP contribution in [0.4, 0.5) is 0 Å². The summed E-state index contributed by atoms with van der Waals surface area (Å²) in [7, 11) is 1.90. The number of rotatable bonds is 3. The van der Waals surface area contributed by atoms with Crippen LogP contribution >= 0.6 is 0 Å². The van der Waals surface area contributed by atoms with Gasteiger partial charge in [0.15, 0.2) is 0 Å². The summed E-state index contributed by atoms with van der Waals surface area (Å²) in [5.41, 5.74) is 1.25. The number of benzene rings is 1. The van der Waals surface area contributed by atoms with Crippen LogP contribution in [0.15, 0.2) is 30.3 Å². The maximum Gasteiger partial charge on any atom is 0.239 e. The summed E-state index contributed by atoms with van der Waals surface area (Å²) in [6, 6.07) is 10.4. The van der Waals surface area contributed by atoms with E-state index < -0.39 is 0 Å². The van der Waals surface area contributed by atoms with Gasteiger partial charge in [0.25, 0.3) is 0 Å². The number of carbonyl (C=O) groups excluding carboxylic acids is 1. The predicted octanol–water partition coefficient (Wildman–Crippen LogP) is 1.31. The molecule has 1 aromatic carbocycles. The number of fused-ring (bicyclic) bond motifs is 1. The Kier molecular flexibility index (Phi) is 4.06. The first-order chi connectivity index (χ1) is 11.7. The molecule has 6 nitrogen and oxygen atoms in total. The van der Waals surface area contributed by atoms with E-state index >= 15 is 0 Å². The quantitative estimate of drug-likeness (QED) is 0.854. The molecule has 0 bridgehead atoms. The van der Waals surface area contributed by atoms with E-state index in [-0.39, 0.29) is 11.9 Å². The van der Waals surface area contributed by atoms with Gasteiger partial charge in [-0.1, -0.05) is 30.3 Å². The molecule has 4 rings (SSSR count). The fourth-order valence-corrected chi connectivity index (χ4v) is 3.76. The zero-order valence-corrected chi connectivity index (χ0v) is 14.1. The van der Waals surface area contributed by atoms with Crippen molar-refractivity contribution in [2.24, 2.45) is 0 Å². The molecule has 1 atom stereocenters. The second kappa shape index (κ2) is 6.36. The zero-order chi connectivity index (χ0) is 16.5. The largest absolute Gasteiger partial charge is 0.344 e. The minimum atomic E-state index is 0.00627. The molecule has 0 unspecified atom stereocenters. The number of likely N-dealkylation sites (N-methyl/N-ethyl adjacent to an activating group) is 1. The second-order valence-corrected chi connectivity index (χ2v) is 6.73. The maximum atomic E-state index is 12.4. The average molecular weight is 325 g/mol. The van der Waals surface area contributed by atoms with Crippen molar-refractivity contribution in [1.29, 1.82) is 0 Å². The molecule has 1 amide bonds. The van der Waals surface area contributed by atoms with Crippen LogP contribution in [0.25, 0.3) is 0 Å². The second-order valence-electron chi connectivity index (χ2n) is 6.73. The number of piperidine rings is 1. The van der Waals surface area contributed by atoms with Gasteiger partial charge in [-0.2, -0.15) is 0 Å². The summed E-state index contributed by atoms with van der Waals surface area (Å²) >= 11 is 0. The summed E-state index contributed by atoms with van der Waals surface area (Å²) in [4.78, 5) is 16.6. The van der Waals surface area contributed by atoms with E-state index in [1.165, 1.54) is 5.56 Å². The third kappa shape index (κ3) is 2.82. The van der Waals surface area contributed by atoms with Gasteiger partial charge in [-0.3, -0.25) is 9.69 Å². The van der Waals surface area contributed by atoms with Crippen LogP contribution in [0.2, 0.25) is 0 Å². The summed E-state index contributed by atoms with van der Waals surface area (Å²) in [5, 5.41) is 8.79. The van der Waals surface area contributed by atoms with Gasteiger partial charge in [-0.25, -0.2) is 0 Å². The van der Waals surface area contributed by atoms with Crippen LogP contribution in [0.1, 0.15) is 30.1 Å². The fourth-order valence-electron chi connectivity index (χ4n) is 3.76. The number of carbonyl (C=O) groups is 1. The van der Waals surface area contributed by atoms with E-state index in [2.05, 4.69) is 43.9 Å². The van der Waals surface area contributed by atoms with Gasteiger partial charge in [-0.05, 0) is 18.4 Å². The van der Waals surface area contributed by atoms with Crippen LogP contribution in [-0.2, 0) is 24.3 Å². The van der Waals surface area contributed by atoms with E-state index in [1.54, 1.807) is 0 Å². The predicted molar refractivity (Wildman–Crippen MR) is 90.3 cm³/mol. The van der Waals surface area contributed by atoms with Crippen LogP contribution in [0.5, 0.6) is 0 Å². The third-order valence-electron chi connectivity index (χ3n) is 5.14. The summed E-state index contributed by atoms with van der Waals surface area (Å²) in [6.45, 7) is 3.34. The molecule has 6 heteroatoms. The SMILES string of the molecule is CN1CCC[C@H](N2CCn3c(Cc4ccccc4)nnc3C2)C1=O. The molecule has 24 heavy (non-hydrogen) atoms. The standard InChI is InChI=1S/C18H23N5O/c1-21-9-5-8-15(18(21)24)22-10-11-23-16(19-20-17(23)13-22)12-14-6-3-2-4-7-14/h2-4,6-7,15H,5,8-13H2,1H3/t15-/m0/s1. The molecule has 2 aliphatic rings. The van der Waals surface area contributed by atoms with Crippen molar-refractivity contribution in [2.75, 3.05) is 20.1 Å². The molecule has 0 aliphatic carbocycles. The summed E-state index contributed by atoms with van der Waals surface area (Å²) in [6.07, 6.45) is 2.84. The molecule has 0 N–H and O–H groups in total. The first kappa shape index (κ1) is 15.3. The molecule has 1 fully saturated rings. The van der Waals surface area contributed by atoms with Crippen molar-refractivity contribution >= 4 is 5.91 Å². The van der Waals surface area contributed by atoms with Crippen LogP contribution in [-0.4, -0.2) is 56.7 Å². The molecule has 0 spiro atoms. The van der Waals surface area contributed by atoms with E-state index in [1.807, 2.05) is 18.0 Å². The molecule has 3 heterocycles. The van der Waals surface area contributed by atoms with Gasteiger partial charge < -0.3 is 9.47 Å². The highest BCUT2D eigenvalue weighted by atomic mass is 16.2. The lowest BCUT2D eigenvalue weighted by atomic mass is 10.0. The Labute approximate surface area is 142 Å². The Morgan fingerprint density at radius 2 is 1.96 bits per heavy atom. The fraction of sp³-hybridized carbons (Fsp3) is 0.500. The molecule has 0 radical (unpaired) electrons. The van der Waals surface area contributed by atoms with Crippen molar-refractivity contribution in [3.63, 3.8) is 0 Å². The first-order valence-corrected chi connectivity index (χ1v) is 8.66. The summed E-state index contributed by atoms with van der Waals surface area (Å²) < 4.78 is 2.22. The van der Waals surface area contributed by atoms with Crippen LogP contribution < -0.4 is 0 Å². The maximum absolute atomic E-state index is 12.4. The average Bonchev–Trinajstić information content (AvgIpc) is 3.00. The Morgan fingerprint density at radius 3 is 2.79 bits per heavy atom. The minimum Gasteiger partial charge on any atom is -0.344 e. The number of hydrogen-bond donors (Lipinski definition) is 0. The molecular formula is C18H23N5O. The van der Waals surface area contributed by atoms with E-state index in [9.17, 15) is 4.79 Å². The third-order valence-corrected chi connectivity index (χ3v) is 5.14. The molecule has 0 saturated carbocycles. The molecule has 2 aliphatic heterocycles. The van der Waals surface area contributed by atoms with E-state index in [4.69, 9.17) is 0 Å². The van der Waals surface area contributed by atoms with Crippen molar-refractivity contribution in [3.8, 4) is 0 Å². The number of likely N-dealkylation sites (tertiary alicyclic amines) is 1. The van der Waals surface area contributed by atoms with Crippen molar-refractivity contribution in [2.45, 2.75) is 38.4 Å². The highest BCUT2D eigenvalue weighted by Crippen LogP contribution is 2.22. The number of hydrogen-bond acceptors (Lipinski definition) is 4. The lowest BCUT2D eigenvalue weighted by molar-refractivity contribution is -0.139. The topological polar surface area (TPSA) is 54.3 Å². The Morgan fingerprint density at radius 1 is 1.12 bits per heavy atom. The monoisotopic (exact) mass is 325 g/mol. The lowest BCUT2D eigenvalue weighted by Gasteiger charge is -2.38. The highest BCUT2D eigenvalue weighted by molar-refractivity contribution is 5.82. The Balaban J connectivity index is 1.49. The minimum absolute atomic E-state index is 0.00627. The van der Waals surface area contributed by atoms with Gasteiger partial charge in [-0.15, -0.1) is 10.2 Å². The Hall–Kier alpha value is -2.21. The molecule has 1 aromatic heterocycles. The van der Waals surface area contributed by atoms with E-state index in [0.29, 0.717) is 6.54 Å². The zero-order valence-electron chi connectivity index (χ0n) is 14.1. The van der Waals surface area contributed by atoms with Gasteiger partial charge in [0, 0.05) is 33.1 Å². The van der Waals surface area contributed by atoms with Crippen molar-refractivity contribution < 1.29 is 4.79 Å². The Bertz CT molecular complexity index is 726. The highest BCUT2D eigenvalue weighted by Gasteiger charge is 2.34. The van der Waals surface area contributed by atoms with Crippen LogP contribution in [0.3, 0.4) is 0 Å². The number of amides is 1. The number of nitrogens with zero attached hydrogens (tertiary/aromatic N) is 5. The first-order valence-electron chi connectivity index (χ1n) is 8.66. The molecule has 126 valence electrons. The normalized spacial score (nSPS) is 21.8. The number of aromatic nitrogens is 3. The molecule has 1 saturated heterocycles. The lowest BCUT2D eigenvalue weighted by Crippen LogP contribution is -2.52. The van der Waals surface area contributed by atoms with Gasteiger partial charge in [0.1, 0.15) is 11.6 Å². The van der Waals surface area contributed by atoms with E-state index in [0.717, 1.165) is 50.5 Å². The smallest absolute Gasteiger partial charge is 0.239 e.